The average Bonchev–Trinajstić information content (AvgIpc) is 2.41. The normalized spacial score (nSPS) is 10.1. The van der Waals surface area contributed by atoms with Crippen LogP contribution in [0.25, 0.3) is 0 Å². The van der Waals surface area contributed by atoms with Gasteiger partial charge in [0.25, 0.3) is 0 Å². The fraction of sp³-hybridized carbons (Fsp3) is 0.538. The predicted octanol–water partition coefficient (Wildman–Crippen LogP) is 2.38. The fourth-order valence-corrected chi connectivity index (χ4v) is 1.91. The van der Waals surface area contributed by atoms with E-state index in [2.05, 4.69) is 6.92 Å². The summed E-state index contributed by atoms with van der Waals surface area (Å²) in [5, 5.41) is 8.98. The average molecular weight is 272 g/mol. The summed E-state index contributed by atoms with van der Waals surface area (Å²) in [6.45, 7) is 2.18. The Bertz CT molecular complexity index is 280. The molecule has 0 aromatic heterocycles. The standard InChI is InChI=1S/C10H14O.C3H10O3Si/c1-2-3-4-9-5-7-10(11)8-6-9;1-4-7(5-2)6-3/h5-8,11H,2-4H2,1H3;7H,1-3H3. The second kappa shape index (κ2) is 11.2. The number of hydrogen-bond acceptors (Lipinski definition) is 4. The zero-order chi connectivity index (χ0) is 13.8. The number of rotatable bonds is 6. The highest BCUT2D eigenvalue weighted by atomic mass is 28.3. The van der Waals surface area contributed by atoms with Crippen LogP contribution in [-0.2, 0) is 19.7 Å². The van der Waals surface area contributed by atoms with Gasteiger partial charge < -0.3 is 18.4 Å². The van der Waals surface area contributed by atoms with Gasteiger partial charge in [0.1, 0.15) is 5.75 Å². The quantitative estimate of drug-likeness (QED) is 0.808. The smallest absolute Gasteiger partial charge is 0.483 e. The molecule has 1 aromatic rings. The van der Waals surface area contributed by atoms with Crippen LogP contribution in [0.15, 0.2) is 24.3 Å². The van der Waals surface area contributed by atoms with Crippen LogP contribution >= 0.6 is 0 Å². The van der Waals surface area contributed by atoms with Crippen molar-refractivity contribution in [3.63, 3.8) is 0 Å². The zero-order valence-electron chi connectivity index (χ0n) is 11.7. The van der Waals surface area contributed by atoms with Crippen molar-refractivity contribution < 1.29 is 18.4 Å². The molecule has 0 saturated carbocycles. The maximum absolute atomic E-state index is 8.98. The van der Waals surface area contributed by atoms with Crippen LogP contribution in [0.1, 0.15) is 25.3 Å². The highest BCUT2D eigenvalue weighted by Crippen LogP contribution is 2.11. The molecule has 0 spiro atoms. The Morgan fingerprint density at radius 2 is 1.50 bits per heavy atom. The van der Waals surface area contributed by atoms with Crippen LogP contribution in [0.3, 0.4) is 0 Å². The van der Waals surface area contributed by atoms with Crippen LogP contribution in [0.5, 0.6) is 5.75 Å². The van der Waals surface area contributed by atoms with Crippen LogP contribution in [0, 0.1) is 0 Å². The number of phenols is 1. The third-order valence-electron chi connectivity index (χ3n) is 2.33. The number of benzene rings is 1. The number of phenolic OH excluding ortho intramolecular Hbond substituents is 1. The van der Waals surface area contributed by atoms with Crippen molar-refractivity contribution in [2.75, 3.05) is 21.3 Å². The lowest BCUT2D eigenvalue weighted by molar-refractivity contribution is 0.163. The summed E-state index contributed by atoms with van der Waals surface area (Å²) in [5.74, 6) is 0.352. The maximum Gasteiger partial charge on any atom is 0.483 e. The second-order valence-electron chi connectivity index (χ2n) is 3.77. The van der Waals surface area contributed by atoms with E-state index in [1.807, 2.05) is 12.1 Å². The first kappa shape index (κ1) is 17.1. The van der Waals surface area contributed by atoms with Crippen LogP contribution in [0.4, 0.5) is 0 Å². The molecule has 104 valence electrons. The first-order valence-corrected chi connectivity index (χ1v) is 7.45. The number of unbranched alkanes of at least 4 members (excludes halogenated alkanes) is 1. The molecule has 0 amide bonds. The lowest BCUT2D eigenvalue weighted by Gasteiger charge is -2.05. The Balaban J connectivity index is 0.000000360. The van der Waals surface area contributed by atoms with E-state index in [4.69, 9.17) is 18.4 Å². The molecule has 0 atom stereocenters. The van der Waals surface area contributed by atoms with E-state index in [-0.39, 0.29) is 0 Å². The van der Waals surface area contributed by atoms with Crippen molar-refractivity contribution in [3.05, 3.63) is 29.8 Å². The minimum absolute atomic E-state index is 0.352. The number of hydrogen-bond donors (Lipinski definition) is 1. The van der Waals surface area contributed by atoms with Gasteiger partial charge in [0.15, 0.2) is 0 Å². The third-order valence-corrected chi connectivity index (χ3v) is 3.49. The monoisotopic (exact) mass is 272 g/mol. The van der Waals surface area contributed by atoms with E-state index in [0.717, 1.165) is 6.42 Å². The van der Waals surface area contributed by atoms with E-state index in [1.165, 1.54) is 18.4 Å². The topological polar surface area (TPSA) is 47.9 Å². The molecule has 0 heterocycles. The SMILES string of the molecule is CCCCc1ccc(O)cc1.CO[SiH](OC)OC. The molecule has 4 nitrogen and oxygen atoms in total. The Kier molecular flexibility index (Phi) is 10.7. The van der Waals surface area contributed by atoms with Crippen molar-refractivity contribution in [3.8, 4) is 5.75 Å². The predicted molar refractivity (Wildman–Crippen MR) is 74.9 cm³/mol. The molecule has 1 aromatic carbocycles. The molecule has 0 bridgehead atoms. The molecule has 0 aliphatic carbocycles. The summed E-state index contributed by atoms with van der Waals surface area (Å²) in [5.41, 5.74) is 1.31. The van der Waals surface area contributed by atoms with E-state index >= 15 is 0 Å². The number of aryl methyl sites for hydroxylation is 1. The summed E-state index contributed by atoms with van der Waals surface area (Å²) in [4.78, 5) is 0. The van der Waals surface area contributed by atoms with Gasteiger partial charge in [-0.1, -0.05) is 25.5 Å². The molecule has 0 radical (unpaired) electrons. The van der Waals surface area contributed by atoms with Crippen molar-refractivity contribution in [1.82, 2.24) is 0 Å². The van der Waals surface area contributed by atoms with E-state index in [9.17, 15) is 0 Å². The molecule has 18 heavy (non-hydrogen) atoms. The van der Waals surface area contributed by atoms with Gasteiger partial charge in [0.2, 0.25) is 0 Å². The summed E-state index contributed by atoms with van der Waals surface area (Å²) in [6.07, 6.45) is 3.57. The summed E-state index contributed by atoms with van der Waals surface area (Å²) in [7, 11) is 3.05. The molecule has 1 rings (SSSR count). The molecule has 0 aliphatic heterocycles. The highest BCUT2D eigenvalue weighted by Gasteiger charge is 2.04. The number of aromatic hydroxyl groups is 1. The second-order valence-corrected chi connectivity index (χ2v) is 5.76. The molecule has 1 N–H and O–H groups in total. The Labute approximate surface area is 111 Å². The van der Waals surface area contributed by atoms with Gasteiger partial charge in [-0.2, -0.15) is 0 Å². The lowest BCUT2D eigenvalue weighted by Crippen LogP contribution is -2.21. The van der Waals surface area contributed by atoms with E-state index < -0.39 is 9.53 Å². The van der Waals surface area contributed by atoms with Crippen LogP contribution in [-0.4, -0.2) is 36.0 Å². The summed E-state index contributed by atoms with van der Waals surface area (Å²) >= 11 is 0. The van der Waals surface area contributed by atoms with Crippen LogP contribution in [0.2, 0.25) is 0 Å². The molecule has 0 fully saturated rings. The van der Waals surface area contributed by atoms with Crippen molar-refractivity contribution in [1.29, 1.82) is 0 Å². The summed E-state index contributed by atoms with van der Waals surface area (Å²) in [6, 6.07) is 7.44. The largest absolute Gasteiger partial charge is 0.508 e. The van der Waals surface area contributed by atoms with Crippen molar-refractivity contribution in [2.24, 2.45) is 0 Å². The van der Waals surface area contributed by atoms with Gasteiger partial charge >= 0.3 is 9.53 Å². The van der Waals surface area contributed by atoms with Gasteiger partial charge in [0.05, 0.1) is 0 Å². The Hall–Kier alpha value is -0.883. The first-order valence-electron chi connectivity index (χ1n) is 6.04. The van der Waals surface area contributed by atoms with Gasteiger partial charge in [0, 0.05) is 21.3 Å². The minimum atomic E-state index is -1.67. The van der Waals surface area contributed by atoms with Gasteiger partial charge in [-0.05, 0) is 30.5 Å². The minimum Gasteiger partial charge on any atom is -0.508 e. The third kappa shape index (κ3) is 8.24. The maximum atomic E-state index is 8.98. The van der Waals surface area contributed by atoms with Gasteiger partial charge in [-0.15, -0.1) is 0 Å². The van der Waals surface area contributed by atoms with Crippen LogP contribution < -0.4 is 0 Å². The fourth-order valence-electron chi connectivity index (χ4n) is 1.33. The molecule has 0 saturated heterocycles. The van der Waals surface area contributed by atoms with Gasteiger partial charge in [-0.3, -0.25) is 0 Å². The van der Waals surface area contributed by atoms with E-state index in [1.54, 1.807) is 33.5 Å². The Morgan fingerprint density at radius 3 is 1.83 bits per heavy atom. The lowest BCUT2D eigenvalue weighted by atomic mass is 10.1. The molecule has 5 heteroatoms. The molecule has 0 unspecified atom stereocenters. The zero-order valence-corrected chi connectivity index (χ0v) is 12.8. The summed E-state index contributed by atoms with van der Waals surface area (Å²) < 4.78 is 14.2. The van der Waals surface area contributed by atoms with Crippen molar-refractivity contribution >= 4 is 9.53 Å². The van der Waals surface area contributed by atoms with Crippen molar-refractivity contribution in [2.45, 2.75) is 26.2 Å². The Morgan fingerprint density at radius 1 is 1.00 bits per heavy atom. The molecular weight excluding hydrogens is 248 g/mol. The highest BCUT2D eigenvalue weighted by molar-refractivity contribution is 6.36. The first-order chi connectivity index (χ1) is 8.67. The van der Waals surface area contributed by atoms with Gasteiger partial charge in [-0.25, -0.2) is 0 Å². The van der Waals surface area contributed by atoms with E-state index in [0.29, 0.717) is 5.75 Å². The molecular formula is C13H24O4Si. The molecule has 0 aliphatic rings.